The molecule has 0 saturated heterocycles. The molecule has 0 aromatic carbocycles. The molecule has 0 spiro atoms. The number of nitrogens with one attached hydrogen (secondary N) is 2. The molecule has 84 valence electrons. The van der Waals surface area contributed by atoms with Gasteiger partial charge in [-0.15, -0.1) is 10.2 Å². The fourth-order valence-corrected chi connectivity index (χ4v) is 1.30. The molecule has 0 aliphatic rings. The smallest absolute Gasteiger partial charge is 0.287 e. The molecule has 0 aliphatic carbocycles. The molecular weight excluding hydrogens is 234 g/mol. The Morgan fingerprint density at radius 2 is 2.44 bits per heavy atom. The molecule has 0 unspecified atom stereocenters. The van der Waals surface area contributed by atoms with Crippen LogP contribution in [0, 0.1) is 0 Å². The highest BCUT2D eigenvalue weighted by Gasteiger charge is 2.07. The van der Waals surface area contributed by atoms with Crippen LogP contribution in [0.1, 0.15) is 5.82 Å². The molecule has 16 heavy (non-hydrogen) atoms. The van der Waals surface area contributed by atoms with Crippen LogP contribution in [0.3, 0.4) is 0 Å². The third-order valence-electron chi connectivity index (χ3n) is 1.90. The van der Waals surface area contributed by atoms with E-state index in [0.29, 0.717) is 18.1 Å². The molecule has 0 bridgehead atoms. The van der Waals surface area contributed by atoms with Crippen molar-refractivity contribution in [1.82, 2.24) is 30.4 Å². The van der Waals surface area contributed by atoms with Crippen molar-refractivity contribution in [3.05, 3.63) is 27.4 Å². The van der Waals surface area contributed by atoms with E-state index in [2.05, 4.69) is 31.0 Å². The van der Waals surface area contributed by atoms with Gasteiger partial charge in [0, 0.05) is 7.05 Å². The normalized spacial score (nSPS) is 10.4. The van der Waals surface area contributed by atoms with E-state index in [1.54, 1.807) is 0 Å². The van der Waals surface area contributed by atoms with Crippen molar-refractivity contribution in [1.29, 1.82) is 0 Å². The standard InChI is InChI=1S/C7H8ClN7O/c1-15-7(16)6(8)4(2-10-15)9-3-5-11-13-14-12-5/h2,9H,3H2,1H3,(H,11,12,13,14). The molecule has 8 nitrogen and oxygen atoms in total. The average molecular weight is 242 g/mol. The van der Waals surface area contributed by atoms with Crippen LogP contribution in [0.4, 0.5) is 5.69 Å². The summed E-state index contributed by atoms with van der Waals surface area (Å²) < 4.78 is 1.15. The number of aromatic amines is 1. The number of nitrogens with zero attached hydrogens (tertiary/aromatic N) is 5. The Bertz CT molecular complexity index is 534. The summed E-state index contributed by atoms with van der Waals surface area (Å²) in [6.45, 7) is 0.311. The van der Waals surface area contributed by atoms with Crippen LogP contribution >= 0.6 is 11.6 Å². The Morgan fingerprint density at radius 1 is 1.62 bits per heavy atom. The van der Waals surface area contributed by atoms with E-state index < -0.39 is 0 Å². The fraction of sp³-hybridized carbons (Fsp3) is 0.286. The van der Waals surface area contributed by atoms with E-state index in [4.69, 9.17) is 11.6 Å². The average Bonchev–Trinajstić information content (AvgIpc) is 2.78. The van der Waals surface area contributed by atoms with Crippen LogP contribution in [0.5, 0.6) is 0 Å². The van der Waals surface area contributed by atoms with Gasteiger partial charge in [0.15, 0.2) is 5.82 Å². The zero-order valence-electron chi connectivity index (χ0n) is 8.31. The van der Waals surface area contributed by atoms with Crippen molar-refractivity contribution in [2.45, 2.75) is 6.54 Å². The highest BCUT2D eigenvalue weighted by Crippen LogP contribution is 2.15. The Balaban J connectivity index is 2.16. The number of anilines is 1. The van der Waals surface area contributed by atoms with E-state index in [0.717, 1.165) is 4.68 Å². The molecule has 0 radical (unpaired) electrons. The molecule has 9 heteroatoms. The van der Waals surface area contributed by atoms with E-state index in [9.17, 15) is 4.79 Å². The molecule has 2 aromatic rings. The maximum absolute atomic E-state index is 11.4. The van der Waals surface area contributed by atoms with Gasteiger partial charge < -0.3 is 5.32 Å². The van der Waals surface area contributed by atoms with Crippen LogP contribution in [0.15, 0.2) is 11.0 Å². The van der Waals surface area contributed by atoms with Crippen molar-refractivity contribution in [3.8, 4) is 0 Å². The van der Waals surface area contributed by atoms with Crippen LogP contribution in [-0.2, 0) is 13.6 Å². The number of halogens is 1. The quantitative estimate of drug-likeness (QED) is 0.755. The largest absolute Gasteiger partial charge is 0.375 e. The van der Waals surface area contributed by atoms with E-state index in [1.807, 2.05) is 0 Å². The van der Waals surface area contributed by atoms with Crippen LogP contribution in [0.2, 0.25) is 5.02 Å². The molecule has 0 aliphatic heterocycles. The summed E-state index contributed by atoms with van der Waals surface area (Å²) in [6.07, 6.45) is 1.46. The predicted octanol–water partition coefficient (Wildman–Crippen LogP) is -0.441. The van der Waals surface area contributed by atoms with Gasteiger partial charge in [-0.1, -0.05) is 16.8 Å². The lowest BCUT2D eigenvalue weighted by Gasteiger charge is -2.05. The lowest BCUT2D eigenvalue weighted by molar-refractivity contribution is 0.708. The summed E-state index contributed by atoms with van der Waals surface area (Å²) in [7, 11) is 1.52. The third-order valence-corrected chi connectivity index (χ3v) is 2.27. The lowest BCUT2D eigenvalue weighted by atomic mass is 10.4. The van der Waals surface area contributed by atoms with E-state index >= 15 is 0 Å². The number of aromatic nitrogens is 6. The van der Waals surface area contributed by atoms with Crippen molar-refractivity contribution in [2.24, 2.45) is 7.05 Å². The Labute approximate surface area is 94.6 Å². The monoisotopic (exact) mass is 241 g/mol. The second-order valence-electron chi connectivity index (χ2n) is 2.98. The zero-order chi connectivity index (χ0) is 11.5. The molecule has 2 N–H and O–H groups in total. The summed E-state index contributed by atoms with van der Waals surface area (Å²) in [6, 6.07) is 0. The van der Waals surface area contributed by atoms with E-state index in [-0.39, 0.29) is 10.6 Å². The van der Waals surface area contributed by atoms with Crippen LogP contribution in [-0.4, -0.2) is 30.4 Å². The summed E-state index contributed by atoms with van der Waals surface area (Å²) in [5.74, 6) is 0.469. The van der Waals surface area contributed by atoms with Gasteiger partial charge >= 0.3 is 0 Å². The molecule has 0 atom stereocenters. The number of H-pyrrole nitrogens is 1. The Kier molecular flexibility index (Phi) is 2.82. The molecule has 0 saturated carbocycles. The van der Waals surface area contributed by atoms with Gasteiger partial charge in [-0.05, 0) is 0 Å². The van der Waals surface area contributed by atoms with Crippen molar-refractivity contribution >= 4 is 17.3 Å². The van der Waals surface area contributed by atoms with Gasteiger partial charge in [0.2, 0.25) is 0 Å². The summed E-state index contributed by atoms with van der Waals surface area (Å²) >= 11 is 5.84. The Morgan fingerprint density at radius 3 is 3.12 bits per heavy atom. The Hall–Kier alpha value is -1.96. The second-order valence-corrected chi connectivity index (χ2v) is 3.36. The first kappa shape index (κ1) is 10.6. The summed E-state index contributed by atoms with van der Waals surface area (Å²) in [5, 5.41) is 20.0. The molecule has 0 fully saturated rings. The molecule has 2 aromatic heterocycles. The second kappa shape index (κ2) is 4.27. The van der Waals surface area contributed by atoms with Gasteiger partial charge in [-0.25, -0.2) is 4.68 Å². The minimum atomic E-state index is -0.361. The molecule has 2 rings (SSSR count). The highest BCUT2D eigenvalue weighted by molar-refractivity contribution is 6.32. The number of tetrazole rings is 1. The minimum Gasteiger partial charge on any atom is -0.375 e. The maximum Gasteiger partial charge on any atom is 0.287 e. The third kappa shape index (κ3) is 2.01. The fourth-order valence-electron chi connectivity index (χ4n) is 1.07. The maximum atomic E-state index is 11.4. The lowest BCUT2D eigenvalue weighted by Crippen LogP contribution is -2.21. The molecular formula is C7H8ClN7O. The topological polar surface area (TPSA) is 101 Å². The number of rotatable bonds is 3. The van der Waals surface area contributed by atoms with E-state index in [1.165, 1.54) is 13.2 Å². The van der Waals surface area contributed by atoms with Crippen LogP contribution in [0.25, 0.3) is 0 Å². The van der Waals surface area contributed by atoms with Gasteiger partial charge in [0.05, 0.1) is 18.4 Å². The predicted molar refractivity (Wildman–Crippen MR) is 56.0 cm³/mol. The number of aryl methyl sites for hydroxylation is 1. The zero-order valence-corrected chi connectivity index (χ0v) is 9.06. The van der Waals surface area contributed by atoms with Crippen molar-refractivity contribution in [2.75, 3.05) is 5.32 Å². The van der Waals surface area contributed by atoms with Gasteiger partial charge in [0.1, 0.15) is 5.02 Å². The van der Waals surface area contributed by atoms with Gasteiger partial charge in [-0.3, -0.25) is 4.79 Å². The molecule has 0 amide bonds. The first-order valence-corrected chi connectivity index (χ1v) is 4.74. The first-order valence-electron chi connectivity index (χ1n) is 4.36. The van der Waals surface area contributed by atoms with Crippen molar-refractivity contribution < 1.29 is 0 Å². The van der Waals surface area contributed by atoms with Gasteiger partial charge in [0.25, 0.3) is 5.56 Å². The van der Waals surface area contributed by atoms with Crippen LogP contribution < -0.4 is 10.9 Å². The number of hydrogen-bond acceptors (Lipinski definition) is 6. The summed E-state index contributed by atoms with van der Waals surface area (Å²) in [5.41, 5.74) is 0.0781. The summed E-state index contributed by atoms with van der Waals surface area (Å²) in [4.78, 5) is 11.4. The first-order chi connectivity index (χ1) is 7.68. The minimum absolute atomic E-state index is 0.0843. The SMILES string of the molecule is Cn1ncc(NCc2nn[nH]n2)c(Cl)c1=O. The highest BCUT2D eigenvalue weighted by atomic mass is 35.5. The van der Waals surface area contributed by atoms with Gasteiger partial charge in [-0.2, -0.15) is 10.3 Å². The van der Waals surface area contributed by atoms with Crippen molar-refractivity contribution in [3.63, 3.8) is 0 Å². The number of hydrogen-bond donors (Lipinski definition) is 2. The molecule has 2 heterocycles.